The molecule has 5 heteroatoms. The van der Waals surface area contributed by atoms with E-state index in [4.69, 9.17) is 0 Å². The summed E-state index contributed by atoms with van der Waals surface area (Å²) in [6, 6.07) is 8.47. The van der Waals surface area contributed by atoms with Gasteiger partial charge in [-0.3, -0.25) is 0 Å². The number of piperidine rings is 1. The third kappa shape index (κ3) is 3.28. The van der Waals surface area contributed by atoms with E-state index >= 15 is 0 Å². The van der Waals surface area contributed by atoms with Gasteiger partial charge in [-0.2, -0.15) is 4.72 Å². The first-order valence-corrected chi connectivity index (χ1v) is 7.37. The Kier molecular flexibility index (Phi) is 3.81. The predicted molar refractivity (Wildman–Crippen MR) is 67.0 cm³/mol. The van der Waals surface area contributed by atoms with Crippen LogP contribution in [0.4, 0.5) is 0 Å². The summed E-state index contributed by atoms with van der Waals surface area (Å²) in [6.07, 6.45) is 1.75. The molecule has 0 bridgehead atoms. The van der Waals surface area contributed by atoms with E-state index in [9.17, 15) is 8.42 Å². The van der Waals surface area contributed by atoms with Crippen molar-refractivity contribution in [1.29, 1.82) is 0 Å². The largest absolute Gasteiger partial charge is 0.301 e. The number of benzene rings is 1. The zero-order chi connectivity index (χ0) is 12.3. The summed E-state index contributed by atoms with van der Waals surface area (Å²) < 4.78 is 26.8. The van der Waals surface area contributed by atoms with Gasteiger partial charge in [-0.1, -0.05) is 25.1 Å². The Labute approximate surface area is 102 Å². The second-order valence-corrected chi connectivity index (χ2v) is 6.29. The first kappa shape index (κ1) is 12.5. The minimum Gasteiger partial charge on any atom is -0.301 e. The summed E-state index contributed by atoms with van der Waals surface area (Å²) in [4.78, 5) is 0.320. The highest BCUT2D eigenvalue weighted by atomic mass is 32.2. The van der Waals surface area contributed by atoms with Gasteiger partial charge in [0.05, 0.1) is 11.1 Å². The molecule has 2 rings (SSSR count). The molecule has 0 aliphatic carbocycles. The molecule has 0 aromatic heterocycles. The van der Waals surface area contributed by atoms with E-state index < -0.39 is 10.0 Å². The molecule has 1 aliphatic heterocycles. The van der Waals surface area contributed by atoms with E-state index in [1.807, 2.05) is 0 Å². The Balaban J connectivity index is 2.03. The topological polar surface area (TPSA) is 58.2 Å². The van der Waals surface area contributed by atoms with Crippen LogP contribution in [0.25, 0.3) is 0 Å². The maximum atomic E-state index is 12.0. The molecule has 4 nitrogen and oxygen atoms in total. The van der Waals surface area contributed by atoms with E-state index in [1.54, 1.807) is 30.3 Å². The first-order chi connectivity index (χ1) is 8.08. The van der Waals surface area contributed by atoms with E-state index in [2.05, 4.69) is 17.0 Å². The van der Waals surface area contributed by atoms with Crippen molar-refractivity contribution in [2.24, 2.45) is 5.92 Å². The van der Waals surface area contributed by atoms with Crippen LogP contribution in [-0.2, 0) is 10.0 Å². The molecule has 1 fully saturated rings. The fraction of sp³-hybridized carbons (Fsp3) is 0.500. The molecule has 17 heavy (non-hydrogen) atoms. The minimum absolute atomic E-state index is 0.142. The van der Waals surface area contributed by atoms with Crippen LogP contribution < -0.4 is 10.0 Å². The Morgan fingerprint density at radius 2 is 1.94 bits per heavy atom. The quantitative estimate of drug-likeness (QED) is 0.855. The summed E-state index contributed by atoms with van der Waals surface area (Å²) >= 11 is 0. The van der Waals surface area contributed by atoms with Crippen molar-refractivity contribution in [2.75, 3.05) is 6.54 Å². The summed E-state index contributed by atoms with van der Waals surface area (Å²) in [6.45, 7) is 3.02. The predicted octanol–water partition coefficient (Wildman–Crippen LogP) is 1.31. The number of hydrogen-bond donors (Lipinski definition) is 2. The van der Waals surface area contributed by atoms with Crippen molar-refractivity contribution in [3.05, 3.63) is 30.3 Å². The smallest absolute Gasteiger partial charge is 0.241 e. The van der Waals surface area contributed by atoms with Gasteiger partial charge >= 0.3 is 0 Å². The zero-order valence-electron chi connectivity index (χ0n) is 9.89. The maximum Gasteiger partial charge on any atom is 0.241 e. The standard InChI is InChI=1S/C12H18N2O2S/c1-10-7-8-12(13-9-10)14-17(15,16)11-5-3-2-4-6-11/h2-6,10,12-14H,7-9H2,1H3. The number of rotatable bonds is 3. The molecule has 1 saturated heterocycles. The van der Waals surface area contributed by atoms with E-state index in [1.165, 1.54) is 0 Å². The van der Waals surface area contributed by atoms with Gasteiger partial charge in [0.15, 0.2) is 0 Å². The van der Waals surface area contributed by atoms with E-state index in [0.29, 0.717) is 10.8 Å². The van der Waals surface area contributed by atoms with Crippen LogP contribution in [0.5, 0.6) is 0 Å². The van der Waals surface area contributed by atoms with Gasteiger partial charge in [-0.15, -0.1) is 0 Å². The van der Waals surface area contributed by atoms with E-state index in [-0.39, 0.29) is 6.17 Å². The van der Waals surface area contributed by atoms with E-state index in [0.717, 1.165) is 19.4 Å². The molecule has 1 heterocycles. The van der Waals surface area contributed by atoms with Gasteiger partial charge < -0.3 is 5.32 Å². The fourth-order valence-electron chi connectivity index (χ4n) is 1.95. The molecular weight excluding hydrogens is 236 g/mol. The lowest BCUT2D eigenvalue weighted by Gasteiger charge is -2.28. The molecule has 2 N–H and O–H groups in total. The third-order valence-corrected chi connectivity index (χ3v) is 4.50. The lowest BCUT2D eigenvalue weighted by Crippen LogP contribution is -2.49. The van der Waals surface area contributed by atoms with Crippen molar-refractivity contribution in [3.8, 4) is 0 Å². The molecule has 2 atom stereocenters. The zero-order valence-corrected chi connectivity index (χ0v) is 10.7. The normalized spacial score (nSPS) is 25.7. The van der Waals surface area contributed by atoms with Crippen LogP contribution in [0.3, 0.4) is 0 Å². The molecule has 1 aromatic rings. The summed E-state index contributed by atoms with van der Waals surface area (Å²) in [7, 11) is -3.39. The first-order valence-electron chi connectivity index (χ1n) is 5.89. The summed E-state index contributed by atoms with van der Waals surface area (Å²) in [5.74, 6) is 0.618. The molecule has 2 unspecified atom stereocenters. The number of nitrogens with one attached hydrogen (secondary N) is 2. The lowest BCUT2D eigenvalue weighted by molar-refractivity contribution is 0.315. The van der Waals surface area contributed by atoms with Crippen molar-refractivity contribution in [2.45, 2.75) is 30.8 Å². The molecule has 1 aliphatic rings. The van der Waals surface area contributed by atoms with Gasteiger partial charge in [0, 0.05) is 0 Å². The van der Waals surface area contributed by atoms with Crippen molar-refractivity contribution >= 4 is 10.0 Å². The summed E-state index contributed by atoms with van der Waals surface area (Å²) in [5.41, 5.74) is 0. The van der Waals surface area contributed by atoms with Gasteiger partial charge in [-0.05, 0) is 37.4 Å². The highest BCUT2D eigenvalue weighted by Crippen LogP contribution is 2.14. The highest BCUT2D eigenvalue weighted by Gasteiger charge is 2.23. The van der Waals surface area contributed by atoms with Crippen LogP contribution in [0.15, 0.2) is 35.2 Å². The average molecular weight is 254 g/mol. The Morgan fingerprint density at radius 3 is 2.53 bits per heavy atom. The molecule has 0 saturated carbocycles. The van der Waals surface area contributed by atoms with Crippen LogP contribution in [0, 0.1) is 5.92 Å². The second-order valence-electron chi connectivity index (χ2n) is 4.58. The van der Waals surface area contributed by atoms with Crippen molar-refractivity contribution in [1.82, 2.24) is 10.0 Å². The van der Waals surface area contributed by atoms with Gasteiger partial charge in [-0.25, -0.2) is 8.42 Å². The molecule has 0 amide bonds. The maximum absolute atomic E-state index is 12.0. The van der Waals surface area contributed by atoms with Crippen molar-refractivity contribution < 1.29 is 8.42 Å². The lowest BCUT2D eigenvalue weighted by atomic mass is 10.0. The van der Waals surface area contributed by atoms with Crippen LogP contribution in [0.1, 0.15) is 19.8 Å². The number of hydrogen-bond acceptors (Lipinski definition) is 3. The summed E-state index contributed by atoms with van der Waals surface area (Å²) in [5, 5.41) is 3.20. The minimum atomic E-state index is -3.39. The SMILES string of the molecule is CC1CCC(NS(=O)(=O)c2ccccc2)NC1. The Hall–Kier alpha value is -0.910. The highest BCUT2D eigenvalue weighted by molar-refractivity contribution is 7.89. The fourth-order valence-corrected chi connectivity index (χ4v) is 3.18. The Morgan fingerprint density at radius 1 is 1.24 bits per heavy atom. The van der Waals surface area contributed by atoms with Gasteiger partial charge in [0.2, 0.25) is 10.0 Å². The molecule has 94 valence electrons. The Bertz CT molecular complexity index is 451. The molecular formula is C12H18N2O2S. The van der Waals surface area contributed by atoms with Crippen LogP contribution in [-0.4, -0.2) is 21.1 Å². The third-order valence-electron chi connectivity index (χ3n) is 3.01. The molecule has 1 aromatic carbocycles. The average Bonchev–Trinajstić information content (AvgIpc) is 2.33. The monoisotopic (exact) mass is 254 g/mol. The van der Waals surface area contributed by atoms with Crippen molar-refractivity contribution in [3.63, 3.8) is 0 Å². The molecule has 0 radical (unpaired) electrons. The van der Waals surface area contributed by atoms with Crippen LogP contribution >= 0.6 is 0 Å². The number of sulfonamides is 1. The molecule has 0 spiro atoms. The van der Waals surface area contributed by atoms with Gasteiger partial charge in [0.1, 0.15) is 0 Å². The second kappa shape index (κ2) is 5.16. The van der Waals surface area contributed by atoms with Crippen LogP contribution in [0.2, 0.25) is 0 Å². The van der Waals surface area contributed by atoms with Gasteiger partial charge in [0.25, 0.3) is 0 Å².